The lowest BCUT2D eigenvalue weighted by atomic mass is 10.0. The number of anilines is 1. The molecule has 0 bridgehead atoms. The molecule has 1 aliphatic rings. The molecule has 19 heavy (non-hydrogen) atoms. The smallest absolute Gasteiger partial charge is 0.147 e. The van der Waals surface area contributed by atoms with E-state index in [0.29, 0.717) is 6.54 Å². The molecule has 0 saturated heterocycles. The highest BCUT2D eigenvalue weighted by Gasteiger charge is 2.21. The lowest BCUT2D eigenvalue weighted by Crippen LogP contribution is -2.24. The monoisotopic (exact) mass is 255 g/mol. The van der Waals surface area contributed by atoms with Crippen molar-refractivity contribution in [3.63, 3.8) is 0 Å². The molecule has 1 aliphatic heterocycles. The fourth-order valence-corrected chi connectivity index (χ4v) is 2.56. The van der Waals surface area contributed by atoms with E-state index in [4.69, 9.17) is 0 Å². The number of aliphatic hydroxyl groups is 1. The van der Waals surface area contributed by atoms with Gasteiger partial charge in [0.05, 0.1) is 12.6 Å². The number of hydrogen-bond donors (Lipinski definition) is 1. The van der Waals surface area contributed by atoms with E-state index in [1.165, 1.54) is 0 Å². The summed E-state index contributed by atoms with van der Waals surface area (Å²) in [7, 11) is 0. The van der Waals surface area contributed by atoms with E-state index in [-0.39, 0.29) is 6.10 Å². The number of para-hydroxylation sites is 1. The summed E-state index contributed by atoms with van der Waals surface area (Å²) in [6.07, 6.45) is 4.95. The highest BCUT2D eigenvalue weighted by atomic mass is 16.3. The first-order valence-electron chi connectivity index (χ1n) is 6.62. The number of nitrogens with zero attached hydrogens (tertiary/aromatic N) is 3. The van der Waals surface area contributed by atoms with Gasteiger partial charge >= 0.3 is 0 Å². The highest BCUT2D eigenvalue weighted by Crippen LogP contribution is 2.33. The first-order valence-corrected chi connectivity index (χ1v) is 6.62. The molecule has 2 heterocycles. The van der Waals surface area contributed by atoms with Crippen molar-refractivity contribution in [2.24, 2.45) is 0 Å². The van der Waals surface area contributed by atoms with Crippen molar-refractivity contribution in [2.75, 3.05) is 11.4 Å². The molecule has 3 rings (SSSR count). The maximum Gasteiger partial charge on any atom is 0.147 e. The van der Waals surface area contributed by atoms with Gasteiger partial charge in [0.25, 0.3) is 0 Å². The van der Waals surface area contributed by atoms with Gasteiger partial charge in [-0.2, -0.15) is 0 Å². The van der Waals surface area contributed by atoms with E-state index in [1.807, 2.05) is 24.3 Å². The summed E-state index contributed by atoms with van der Waals surface area (Å²) in [5, 5.41) is 10.2. The van der Waals surface area contributed by atoms with Crippen LogP contribution in [0, 0.1) is 0 Å². The van der Waals surface area contributed by atoms with Gasteiger partial charge in [-0.25, -0.2) is 9.97 Å². The van der Waals surface area contributed by atoms with Gasteiger partial charge in [0.15, 0.2) is 0 Å². The number of benzene rings is 1. The summed E-state index contributed by atoms with van der Waals surface area (Å²) in [4.78, 5) is 10.8. The van der Waals surface area contributed by atoms with Crippen LogP contribution in [-0.4, -0.2) is 21.6 Å². The van der Waals surface area contributed by atoms with Crippen LogP contribution in [0.5, 0.6) is 0 Å². The van der Waals surface area contributed by atoms with E-state index in [2.05, 4.69) is 20.9 Å². The Morgan fingerprint density at radius 3 is 2.79 bits per heavy atom. The number of hydrogen-bond acceptors (Lipinski definition) is 4. The number of aromatic nitrogens is 2. The quantitative estimate of drug-likeness (QED) is 0.894. The molecule has 1 atom stereocenters. The van der Waals surface area contributed by atoms with Crippen molar-refractivity contribution in [3.8, 4) is 0 Å². The van der Waals surface area contributed by atoms with Gasteiger partial charge in [0.1, 0.15) is 5.82 Å². The molecule has 4 nitrogen and oxygen atoms in total. The third kappa shape index (κ3) is 2.58. The summed E-state index contributed by atoms with van der Waals surface area (Å²) in [6.45, 7) is 1.61. The van der Waals surface area contributed by atoms with E-state index >= 15 is 0 Å². The third-order valence-corrected chi connectivity index (χ3v) is 3.49. The first-order chi connectivity index (χ1) is 9.34. The lowest BCUT2D eigenvalue weighted by Gasteiger charge is -2.24. The molecule has 4 heteroatoms. The number of aliphatic hydroxyl groups excluding tert-OH is 1. The molecule has 0 radical (unpaired) electrons. The van der Waals surface area contributed by atoms with Crippen molar-refractivity contribution >= 4 is 5.69 Å². The molecule has 0 amide bonds. The molecule has 1 aromatic heterocycles. The summed E-state index contributed by atoms with van der Waals surface area (Å²) < 4.78 is 0. The van der Waals surface area contributed by atoms with Gasteiger partial charge in [-0.05, 0) is 25.0 Å². The normalized spacial score (nSPS) is 18.8. The average Bonchev–Trinajstić information content (AvgIpc) is 2.61. The van der Waals surface area contributed by atoms with Gasteiger partial charge < -0.3 is 10.0 Å². The zero-order valence-electron chi connectivity index (χ0n) is 10.7. The van der Waals surface area contributed by atoms with Crippen LogP contribution in [0.25, 0.3) is 0 Å². The molecular weight excluding hydrogens is 238 g/mol. The third-order valence-electron chi connectivity index (χ3n) is 3.49. The zero-order chi connectivity index (χ0) is 13.1. The van der Waals surface area contributed by atoms with E-state index < -0.39 is 0 Å². The molecule has 0 spiro atoms. The molecule has 0 saturated carbocycles. The van der Waals surface area contributed by atoms with Crippen LogP contribution in [0.4, 0.5) is 5.69 Å². The topological polar surface area (TPSA) is 49.2 Å². The number of fused-ring (bicyclic) bond motifs is 1. The Labute approximate surface area is 112 Å². The molecule has 1 aromatic carbocycles. The summed E-state index contributed by atoms with van der Waals surface area (Å²) >= 11 is 0. The molecular formula is C15H17N3O. The predicted octanol–water partition coefficient (Wildman–Crippen LogP) is 2.31. The Morgan fingerprint density at radius 1 is 1.16 bits per heavy atom. The van der Waals surface area contributed by atoms with Crippen molar-refractivity contribution < 1.29 is 5.11 Å². The average molecular weight is 255 g/mol. The van der Waals surface area contributed by atoms with Gasteiger partial charge in [0.2, 0.25) is 0 Å². The molecule has 98 valence electrons. The molecule has 2 aromatic rings. The largest absolute Gasteiger partial charge is 0.388 e. The first kappa shape index (κ1) is 12.1. The Hall–Kier alpha value is -1.94. The summed E-state index contributed by atoms with van der Waals surface area (Å²) in [5.41, 5.74) is 2.11. The molecule has 0 aliphatic carbocycles. The Balaban J connectivity index is 1.91. The van der Waals surface area contributed by atoms with Crippen molar-refractivity contribution in [1.29, 1.82) is 0 Å². The number of rotatable bonds is 2. The van der Waals surface area contributed by atoms with Crippen LogP contribution in [0.1, 0.15) is 30.3 Å². The van der Waals surface area contributed by atoms with Crippen LogP contribution < -0.4 is 4.90 Å². The minimum Gasteiger partial charge on any atom is -0.388 e. The van der Waals surface area contributed by atoms with Crippen LogP contribution in [0.15, 0.2) is 42.7 Å². The van der Waals surface area contributed by atoms with Gasteiger partial charge in [-0.3, -0.25) is 0 Å². The molecule has 0 fully saturated rings. The van der Waals surface area contributed by atoms with Gasteiger partial charge in [0, 0.05) is 30.2 Å². The predicted molar refractivity (Wildman–Crippen MR) is 73.7 cm³/mol. The van der Waals surface area contributed by atoms with Gasteiger partial charge in [-0.15, -0.1) is 0 Å². The second kappa shape index (κ2) is 5.36. The summed E-state index contributed by atoms with van der Waals surface area (Å²) in [6, 6.07) is 9.88. The van der Waals surface area contributed by atoms with Crippen LogP contribution in [0.2, 0.25) is 0 Å². The van der Waals surface area contributed by atoms with Gasteiger partial charge in [-0.1, -0.05) is 18.2 Å². The van der Waals surface area contributed by atoms with Crippen molar-refractivity contribution in [3.05, 3.63) is 54.1 Å². The van der Waals surface area contributed by atoms with E-state index in [1.54, 1.807) is 12.4 Å². The second-order valence-electron chi connectivity index (χ2n) is 4.80. The van der Waals surface area contributed by atoms with Crippen molar-refractivity contribution in [2.45, 2.75) is 25.5 Å². The standard InChI is InChI=1S/C15H17N3O/c19-14-7-3-10-18(11-15-16-8-4-9-17-15)13-6-2-1-5-12(13)14/h1-2,4-6,8-9,14,19H,3,7,10-11H2. The van der Waals surface area contributed by atoms with Crippen LogP contribution >= 0.6 is 0 Å². The fourth-order valence-electron chi connectivity index (χ4n) is 2.56. The fraction of sp³-hybridized carbons (Fsp3) is 0.333. The Bertz CT molecular complexity index is 544. The van der Waals surface area contributed by atoms with Crippen LogP contribution in [-0.2, 0) is 6.54 Å². The maximum absolute atomic E-state index is 10.2. The second-order valence-corrected chi connectivity index (χ2v) is 4.80. The molecule has 1 unspecified atom stereocenters. The SMILES string of the molecule is OC1CCCN(Cc2ncccn2)c2ccccc21. The molecule has 1 N–H and O–H groups in total. The van der Waals surface area contributed by atoms with E-state index in [9.17, 15) is 5.11 Å². The highest BCUT2D eigenvalue weighted by molar-refractivity contribution is 5.55. The minimum atomic E-state index is -0.363. The lowest BCUT2D eigenvalue weighted by molar-refractivity contribution is 0.168. The Morgan fingerprint density at radius 2 is 1.95 bits per heavy atom. The van der Waals surface area contributed by atoms with E-state index in [0.717, 1.165) is 36.5 Å². The maximum atomic E-state index is 10.2. The minimum absolute atomic E-state index is 0.363. The Kier molecular flexibility index (Phi) is 3.42. The van der Waals surface area contributed by atoms with Crippen molar-refractivity contribution in [1.82, 2.24) is 9.97 Å². The van der Waals surface area contributed by atoms with Crippen LogP contribution in [0.3, 0.4) is 0 Å². The zero-order valence-corrected chi connectivity index (χ0v) is 10.7. The summed E-state index contributed by atoms with van der Waals surface area (Å²) in [5.74, 6) is 0.814.